The first-order chi connectivity index (χ1) is 6.77. The number of carbonyl (C=O) groups is 1. The first-order valence-electron chi connectivity index (χ1n) is 4.66. The van der Waals surface area contributed by atoms with E-state index in [0.29, 0.717) is 25.2 Å². The zero-order valence-electron chi connectivity index (χ0n) is 7.76. The van der Waals surface area contributed by atoms with Crippen molar-refractivity contribution in [3.63, 3.8) is 0 Å². The van der Waals surface area contributed by atoms with Crippen molar-refractivity contribution in [3.05, 3.63) is 30.1 Å². The lowest BCUT2D eigenvalue weighted by atomic mass is 10.3. The molecule has 74 valence electrons. The highest BCUT2D eigenvalue weighted by molar-refractivity contribution is 5.92. The molecule has 1 aliphatic heterocycles. The standard InChI is InChI=1S/C10H12N2O2/c13-8-4-6-12(7-8)10(14)9-3-1-2-5-11-9/h1-3,5,8,13H,4,6-7H2. The normalized spacial score (nSPS) is 21.2. The molecule has 1 saturated heterocycles. The number of nitrogens with zero attached hydrogens (tertiary/aromatic N) is 2. The maximum absolute atomic E-state index is 11.7. The summed E-state index contributed by atoms with van der Waals surface area (Å²) < 4.78 is 0. The molecule has 0 radical (unpaired) electrons. The summed E-state index contributed by atoms with van der Waals surface area (Å²) in [7, 11) is 0. The van der Waals surface area contributed by atoms with Gasteiger partial charge in [0.15, 0.2) is 0 Å². The molecule has 1 amide bonds. The minimum absolute atomic E-state index is 0.0952. The van der Waals surface area contributed by atoms with Gasteiger partial charge in [-0.25, -0.2) is 0 Å². The Morgan fingerprint density at radius 2 is 2.43 bits per heavy atom. The molecule has 1 atom stereocenters. The molecule has 0 aromatic carbocycles. The third-order valence-corrected chi connectivity index (χ3v) is 2.33. The topological polar surface area (TPSA) is 53.4 Å². The van der Waals surface area contributed by atoms with Crippen LogP contribution in [0.4, 0.5) is 0 Å². The van der Waals surface area contributed by atoms with Crippen LogP contribution in [0.15, 0.2) is 24.4 Å². The smallest absolute Gasteiger partial charge is 0.272 e. The van der Waals surface area contributed by atoms with Crippen LogP contribution < -0.4 is 0 Å². The zero-order valence-corrected chi connectivity index (χ0v) is 7.76. The van der Waals surface area contributed by atoms with Crippen molar-refractivity contribution < 1.29 is 9.90 Å². The fourth-order valence-corrected chi connectivity index (χ4v) is 1.58. The third-order valence-electron chi connectivity index (χ3n) is 2.33. The molecule has 4 heteroatoms. The van der Waals surface area contributed by atoms with Crippen LogP contribution in [0.3, 0.4) is 0 Å². The Labute approximate surface area is 82.2 Å². The van der Waals surface area contributed by atoms with E-state index in [1.165, 1.54) is 0 Å². The molecule has 1 fully saturated rings. The van der Waals surface area contributed by atoms with Crippen LogP contribution in [0, 0.1) is 0 Å². The van der Waals surface area contributed by atoms with Gasteiger partial charge < -0.3 is 10.0 Å². The van der Waals surface area contributed by atoms with E-state index in [4.69, 9.17) is 0 Å². The predicted molar refractivity (Wildman–Crippen MR) is 50.8 cm³/mol. The second-order valence-corrected chi connectivity index (χ2v) is 3.41. The SMILES string of the molecule is O=C(c1ccccn1)N1CCC(O)C1. The van der Waals surface area contributed by atoms with Gasteiger partial charge in [0.05, 0.1) is 6.10 Å². The highest BCUT2D eigenvalue weighted by atomic mass is 16.3. The molecule has 1 aromatic rings. The monoisotopic (exact) mass is 192 g/mol. The van der Waals surface area contributed by atoms with Crippen LogP contribution in [0.5, 0.6) is 0 Å². The van der Waals surface area contributed by atoms with Crippen LogP contribution in [-0.2, 0) is 0 Å². The third kappa shape index (κ3) is 1.75. The minimum atomic E-state index is -0.373. The van der Waals surface area contributed by atoms with Crippen molar-refractivity contribution in [2.24, 2.45) is 0 Å². The highest BCUT2D eigenvalue weighted by Crippen LogP contribution is 2.11. The van der Waals surface area contributed by atoms with E-state index in [1.807, 2.05) is 0 Å². The van der Waals surface area contributed by atoms with Gasteiger partial charge in [0.2, 0.25) is 0 Å². The average Bonchev–Trinajstić information content (AvgIpc) is 2.65. The van der Waals surface area contributed by atoms with E-state index in [-0.39, 0.29) is 12.0 Å². The number of carbonyl (C=O) groups excluding carboxylic acids is 1. The van der Waals surface area contributed by atoms with E-state index in [1.54, 1.807) is 29.3 Å². The lowest BCUT2D eigenvalue weighted by Gasteiger charge is -2.14. The predicted octanol–water partition coefficient (Wildman–Crippen LogP) is 0.288. The van der Waals surface area contributed by atoms with Gasteiger partial charge in [-0.2, -0.15) is 0 Å². The lowest BCUT2D eigenvalue weighted by molar-refractivity contribution is 0.0759. The number of hydrogen-bond acceptors (Lipinski definition) is 3. The lowest BCUT2D eigenvalue weighted by Crippen LogP contribution is -2.30. The summed E-state index contributed by atoms with van der Waals surface area (Å²) in [5.41, 5.74) is 0.446. The van der Waals surface area contributed by atoms with Crippen LogP contribution >= 0.6 is 0 Å². The van der Waals surface area contributed by atoms with Crippen molar-refractivity contribution in [3.8, 4) is 0 Å². The molecular formula is C10H12N2O2. The molecule has 0 bridgehead atoms. The summed E-state index contributed by atoms with van der Waals surface area (Å²) in [4.78, 5) is 17.4. The van der Waals surface area contributed by atoms with Gasteiger partial charge in [0, 0.05) is 19.3 Å². The summed E-state index contributed by atoms with van der Waals surface area (Å²) in [6, 6.07) is 5.25. The fraction of sp³-hybridized carbons (Fsp3) is 0.400. The van der Waals surface area contributed by atoms with Crippen LogP contribution in [-0.4, -0.2) is 40.1 Å². The Morgan fingerprint density at radius 3 is 3.00 bits per heavy atom. The molecule has 0 aliphatic carbocycles. The number of aromatic nitrogens is 1. The van der Waals surface area contributed by atoms with E-state index >= 15 is 0 Å². The molecule has 14 heavy (non-hydrogen) atoms. The molecule has 4 nitrogen and oxygen atoms in total. The van der Waals surface area contributed by atoms with E-state index in [2.05, 4.69) is 4.98 Å². The number of rotatable bonds is 1. The Balaban J connectivity index is 2.10. The van der Waals surface area contributed by atoms with Gasteiger partial charge in [0.1, 0.15) is 5.69 Å². The average molecular weight is 192 g/mol. The van der Waals surface area contributed by atoms with Crippen molar-refractivity contribution >= 4 is 5.91 Å². The summed E-state index contributed by atoms with van der Waals surface area (Å²) in [6.45, 7) is 1.05. The number of aliphatic hydroxyl groups is 1. The molecule has 0 saturated carbocycles. The highest BCUT2D eigenvalue weighted by Gasteiger charge is 2.25. The first kappa shape index (κ1) is 9.15. The van der Waals surface area contributed by atoms with E-state index in [9.17, 15) is 9.90 Å². The molecule has 1 aliphatic rings. The van der Waals surface area contributed by atoms with Crippen molar-refractivity contribution in [1.29, 1.82) is 0 Å². The van der Waals surface area contributed by atoms with Crippen molar-refractivity contribution in [2.45, 2.75) is 12.5 Å². The summed E-state index contributed by atoms with van der Waals surface area (Å²) in [6.07, 6.45) is 1.89. The Morgan fingerprint density at radius 1 is 1.57 bits per heavy atom. The Bertz CT molecular complexity index is 326. The number of β-amino-alcohol motifs (C(OH)–C–C–N with tert-alkyl or cyclic N) is 1. The second-order valence-electron chi connectivity index (χ2n) is 3.41. The van der Waals surface area contributed by atoms with Crippen molar-refractivity contribution in [1.82, 2.24) is 9.88 Å². The van der Waals surface area contributed by atoms with Gasteiger partial charge >= 0.3 is 0 Å². The van der Waals surface area contributed by atoms with Gasteiger partial charge in [0.25, 0.3) is 5.91 Å². The van der Waals surface area contributed by atoms with E-state index in [0.717, 1.165) is 0 Å². The minimum Gasteiger partial charge on any atom is -0.391 e. The van der Waals surface area contributed by atoms with Crippen LogP contribution in [0.2, 0.25) is 0 Å². The number of amides is 1. The summed E-state index contributed by atoms with van der Waals surface area (Å²) >= 11 is 0. The quantitative estimate of drug-likeness (QED) is 0.695. The summed E-state index contributed by atoms with van der Waals surface area (Å²) in [5.74, 6) is -0.0952. The molecular weight excluding hydrogens is 180 g/mol. The number of aliphatic hydroxyl groups excluding tert-OH is 1. The van der Waals surface area contributed by atoms with Gasteiger partial charge in [-0.05, 0) is 18.6 Å². The number of hydrogen-bond donors (Lipinski definition) is 1. The fourth-order valence-electron chi connectivity index (χ4n) is 1.58. The molecule has 2 heterocycles. The second kappa shape index (κ2) is 3.75. The van der Waals surface area contributed by atoms with Crippen molar-refractivity contribution in [2.75, 3.05) is 13.1 Å². The number of likely N-dealkylation sites (tertiary alicyclic amines) is 1. The molecule has 1 N–H and O–H groups in total. The number of pyridine rings is 1. The largest absolute Gasteiger partial charge is 0.391 e. The van der Waals surface area contributed by atoms with Crippen LogP contribution in [0.25, 0.3) is 0 Å². The van der Waals surface area contributed by atoms with E-state index < -0.39 is 0 Å². The van der Waals surface area contributed by atoms with Crippen LogP contribution in [0.1, 0.15) is 16.9 Å². The van der Waals surface area contributed by atoms with Gasteiger partial charge in [-0.15, -0.1) is 0 Å². The molecule has 1 aromatic heterocycles. The molecule has 2 rings (SSSR count). The summed E-state index contributed by atoms with van der Waals surface area (Å²) in [5, 5.41) is 9.28. The van der Waals surface area contributed by atoms with Gasteiger partial charge in [-0.3, -0.25) is 9.78 Å². The Hall–Kier alpha value is -1.42. The first-order valence-corrected chi connectivity index (χ1v) is 4.66. The molecule has 1 unspecified atom stereocenters. The maximum atomic E-state index is 11.7. The zero-order chi connectivity index (χ0) is 9.97. The Kier molecular flexibility index (Phi) is 2.45. The van der Waals surface area contributed by atoms with Gasteiger partial charge in [-0.1, -0.05) is 6.07 Å². The molecule has 0 spiro atoms. The maximum Gasteiger partial charge on any atom is 0.272 e.